The van der Waals surface area contributed by atoms with Gasteiger partial charge in [-0.25, -0.2) is 4.79 Å². The van der Waals surface area contributed by atoms with Gasteiger partial charge in [-0.15, -0.1) is 0 Å². The molecule has 1 N–H and O–H groups in total. The Bertz CT molecular complexity index is 271. The first kappa shape index (κ1) is 8.26. The van der Waals surface area contributed by atoms with E-state index in [1.807, 2.05) is 0 Å². The maximum atomic E-state index is 10.6. The van der Waals surface area contributed by atoms with E-state index in [1.54, 1.807) is 35.6 Å². The van der Waals surface area contributed by atoms with Crippen LogP contribution in [0.15, 0.2) is 30.3 Å². The lowest BCUT2D eigenvalue weighted by atomic mass is 10.3. The summed E-state index contributed by atoms with van der Waals surface area (Å²) >= 11 is 0. The second kappa shape index (κ2) is 4.12. The molecule has 61 valence electrons. The van der Waals surface area contributed by atoms with Crippen LogP contribution in [0.25, 0.3) is 0 Å². The van der Waals surface area contributed by atoms with Crippen molar-refractivity contribution in [3.63, 3.8) is 0 Å². The minimum atomic E-state index is -0.837. The Morgan fingerprint density at radius 3 is 2.58 bits per heavy atom. The zero-order chi connectivity index (χ0) is 8.81. The number of amides is 2. The molecule has 0 atom stereocenters. The molecule has 2 amide bonds. The zero-order valence-corrected chi connectivity index (χ0v) is 6.11. The minimum absolute atomic E-state index is 0.380. The molecule has 0 saturated heterocycles. The van der Waals surface area contributed by atoms with Crippen molar-refractivity contribution >= 4 is 12.5 Å². The van der Waals surface area contributed by atoms with E-state index in [4.69, 9.17) is 0 Å². The molecule has 1 rings (SSSR count). The SMILES string of the molecule is O=[C]NC(=O)Oc1ccccc1. The smallest absolute Gasteiger partial charge is 0.410 e. The molecule has 0 aliphatic rings. The molecule has 0 spiro atoms. The number of nitrogens with one attached hydrogen (secondary N) is 1. The van der Waals surface area contributed by atoms with Gasteiger partial charge in [0.1, 0.15) is 5.75 Å². The van der Waals surface area contributed by atoms with Crippen molar-refractivity contribution < 1.29 is 14.3 Å². The van der Waals surface area contributed by atoms with Crippen LogP contribution < -0.4 is 10.1 Å². The second-order valence-electron chi connectivity index (χ2n) is 1.93. The van der Waals surface area contributed by atoms with Crippen molar-refractivity contribution in [1.29, 1.82) is 0 Å². The summed E-state index contributed by atoms with van der Waals surface area (Å²) in [6.45, 7) is 0. The Hall–Kier alpha value is -1.84. The van der Waals surface area contributed by atoms with Gasteiger partial charge < -0.3 is 4.74 Å². The van der Waals surface area contributed by atoms with Gasteiger partial charge in [-0.3, -0.25) is 10.1 Å². The predicted octanol–water partition coefficient (Wildman–Crippen LogP) is 0.842. The molecule has 4 heteroatoms. The third-order valence-electron chi connectivity index (χ3n) is 1.11. The average Bonchev–Trinajstić information content (AvgIpc) is 2.06. The number of hydrogen-bond acceptors (Lipinski definition) is 3. The molecular weight excluding hydrogens is 158 g/mol. The molecule has 0 unspecified atom stereocenters. The van der Waals surface area contributed by atoms with Crippen LogP contribution in [-0.2, 0) is 4.79 Å². The number of benzene rings is 1. The van der Waals surface area contributed by atoms with Gasteiger partial charge in [-0.2, -0.15) is 0 Å². The van der Waals surface area contributed by atoms with Gasteiger partial charge in [0.2, 0.25) is 0 Å². The van der Waals surface area contributed by atoms with Gasteiger partial charge >= 0.3 is 12.5 Å². The number of carbonyl (C=O) groups is 1. The van der Waals surface area contributed by atoms with E-state index in [0.717, 1.165) is 0 Å². The summed E-state index contributed by atoms with van der Waals surface area (Å²) in [4.78, 5) is 20.3. The number of para-hydroxylation sites is 1. The first-order valence-corrected chi connectivity index (χ1v) is 3.23. The van der Waals surface area contributed by atoms with Crippen molar-refractivity contribution in [1.82, 2.24) is 5.32 Å². The predicted molar refractivity (Wildman–Crippen MR) is 41.3 cm³/mol. The highest BCUT2D eigenvalue weighted by Gasteiger charge is 2.00. The van der Waals surface area contributed by atoms with E-state index >= 15 is 0 Å². The van der Waals surface area contributed by atoms with Crippen LogP contribution in [0, 0.1) is 0 Å². The zero-order valence-electron chi connectivity index (χ0n) is 6.11. The summed E-state index contributed by atoms with van der Waals surface area (Å²) in [6, 6.07) is 8.42. The second-order valence-corrected chi connectivity index (χ2v) is 1.93. The Balaban J connectivity index is 2.52. The Morgan fingerprint density at radius 1 is 1.33 bits per heavy atom. The molecule has 1 aromatic carbocycles. The molecule has 12 heavy (non-hydrogen) atoms. The van der Waals surface area contributed by atoms with Crippen molar-refractivity contribution in [3.05, 3.63) is 30.3 Å². The van der Waals surface area contributed by atoms with E-state index < -0.39 is 6.09 Å². The maximum Gasteiger partial charge on any atom is 0.419 e. The van der Waals surface area contributed by atoms with Crippen molar-refractivity contribution in [2.24, 2.45) is 0 Å². The minimum Gasteiger partial charge on any atom is -0.410 e. The summed E-state index contributed by atoms with van der Waals surface area (Å²) in [5, 5.41) is 1.73. The van der Waals surface area contributed by atoms with E-state index in [-0.39, 0.29) is 0 Å². The topological polar surface area (TPSA) is 55.4 Å². The van der Waals surface area contributed by atoms with Gasteiger partial charge in [-0.05, 0) is 12.1 Å². The third-order valence-corrected chi connectivity index (χ3v) is 1.11. The number of rotatable bonds is 2. The molecular formula is C8H6NO3. The molecule has 1 aromatic rings. The highest BCUT2D eigenvalue weighted by molar-refractivity contribution is 5.81. The van der Waals surface area contributed by atoms with Crippen LogP contribution in [0.1, 0.15) is 0 Å². The highest BCUT2D eigenvalue weighted by atomic mass is 16.6. The lowest BCUT2D eigenvalue weighted by Crippen LogP contribution is -2.24. The summed E-state index contributed by atoms with van der Waals surface area (Å²) in [5.74, 6) is 0.380. The first-order valence-electron chi connectivity index (χ1n) is 3.23. The van der Waals surface area contributed by atoms with E-state index in [1.165, 1.54) is 6.41 Å². The van der Waals surface area contributed by atoms with Crippen LogP contribution in [0.5, 0.6) is 5.75 Å². The van der Waals surface area contributed by atoms with Crippen LogP contribution in [0.4, 0.5) is 4.79 Å². The van der Waals surface area contributed by atoms with Gasteiger partial charge in [0, 0.05) is 0 Å². The Morgan fingerprint density at radius 2 is 2.00 bits per heavy atom. The van der Waals surface area contributed by atoms with Crippen molar-refractivity contribution in [3.8, 4) is 5.75 Å². The molecule has 0 aliphatic carbocycles. The van der Waals surface area contributed by atoms with Crippen LogP contribution in [0.2, 0.25) is 0 Å². The summed E-state index contributed by atoms with van der Waals surface area (Å²) in [6.07, 6.45) is 0.376. The Kier molecular flexibility index (Phi) is 2.84. The number of hydrogen-bond donors (Lipinski definition) is 1. The number of carbonyl (C=O) groups excluding carboxylic acids is 2. The summed E-state index contributed by atoms with van der Waals surface area (Å²) < 4.78 is 4.64. The van der Waals surface area contributed by atoms with Gasteiger partial charge in [0.15, 0.2) is 0 Å². The fourth-order valence-corrected chi connectivity index (χ4v) is 0.663. The van der Waals surface area contributed by atoms with Crippen molar-refractivity contribution in [2.75, 3.05) is 0 Å². The average molecular weight is 164 g/mol. The maximum absolute atomic E-state index is 10.6. The van der Waals surface area contributed by atoms with Gasteiger partial charge in [-0.1, -0.05) is 18.2 Å². The number of imide groups is 1. The largest absolute Gasteiger partial charge is 0.419 e. The van der Waals surface area contributed by atoms with Crippen LogP contribution in [0.3, 0.4) is 0 Å². The van der Waals surface area contributed by atoms with Gasteiger partial charge in [0.25, 0.3) is 0 Å². The lowest BCUT2D eigenvalue weighted by molar-refractivity contribution is 0.205. The molecule has 0 bridgehead atoms. The molecule has 0 aromatic heterocycles. The molecule has 0 heterocycles. The van der Waals surface area contributed by atoms with E-state index in [9.17, 15) is 9.59 Å². The molecule has 1 radical (unpaired) electrons. The third kappa shape index (κ3) is 2.42. The van der Waals surface area contributed by atoms with Crippen LogP contribution in [-0.4, -0.2) is 12.5 Å². The van der Waals surface area contributed by atoms with E-state index in [0.29, 0.717) is 5.75 Å². The molecule has 0 fully saturated rings. The summed E-state index contributed by atoms with van der Waals surface area (Å²) in [5.41, 5.74) is 0. The Labute approximate surface area is 69.1 Å². The van der Waals surface area contributed by atoms with Gasteiger partial charge in [0.05, 0.1) is 0 Å². The highest BCUT2D eigenvalue weighted by Crippen LogP contribution is 2.07. The number of ether oxygens (including phenoxy) is 1. The van der Waals surface area contributed by atoms with Crippen LogP contribution >= 0.6 is 0 Å². The van der Waals surface area contributed by atoms with Crippen molar-refractivity contribution in [2.45, 2.75) is 0 Å². The quantitative estimate of drug-likeness (QED) is 0.659. The summed E-state index contributed by atoms with van der Waals surface area (Å²) in [7, 11) is 0. The lowest BCUT2D eigenvalue weighted by Gasteiger charge is -1.99. The fraction of sp³-hybridized carbons (Fsp3) is 0. The fourth-order valence-electron chi connectivity index (χ4n) is 0.663. The molecule has 0 saturated carbocycles. The standard InChI is InChI=1S/C8H6NO3/c10-6-9-8(11)12-7-4-2-1-3-5-7/h1-5H,(H,9,10,11). The first-order chi connectivity index (χ1) is 5.83. The molecule has 0 aliphatic heterocycles. The monoisotopic (exact) mass is 164 g/mol. The molecule has 4 nitrogen and oxygen atoms in total. The normalized spacial score (nSPS) is 8.67. The van der Waals surface area contributed by atoms with E-state index in [2.05, 4.69) is 4.74 Å².